The second kappa shape index (κ2) is 7.31. The second-order valence-electron chi connectivity index (χ2n) is 6.64. The van der Waals surface area contributed by atoms with Gasteiger partial charge in [0, 0.05) is 23.6 Å². The van der Waals surface area contributed by atoms with Crippen LogP contribution in [0.15, 0.2) is 55.1 Å². The first kappa shape index (κ1) is 18.4. The van der Waals surface area contributed by atoms with Gasteiger partial charge in [-0.05, 0) is 29.8 Å². The molecule has 0 aliphatic heterocycles. The van der Waals surface area contributed by atoms with Crippen molar-refractivity contribution in [3.63, 3.8) is 0 Å². The molecule has 5 rings (SSSR count). The number of aromatic nitrogens is 5. The minimum atomic E-state index is -0.681. The summed E-state index contributed by atoms with van der Waals surface area (Å²) in [5.41, 5.74) is 3.21. The van der Waals surface area contributed by atoms with E-state index in [1.165, 1.54) is 24.8 Å². The first-order valence-electron chi connectivity index (χ1n) is 9.01. The Balaban J connectivity index is 1.63. The van der Waals surface area contributed by atoms with E-state index in [0.29, 0.717) is 45.3 Å². The van der Waals surface area contributed by atoms with Crippen LogP contribution in [0.5, 0.6) is 0 Å². The highest BCUT2D eigenvalue weighted by Gasteiger charge is 2.14. The zero-order chi connectivity index (χ0) is 20.7. The fourth-order valence-electron chi connectivity index (χ4n) is 3.35. The first-order valence-corrected chi connectivity index (χ1v) is 9.39. The number of nitrogens with zero attached hydrogens (tertiary/aromatic N) is 4. The standard InChI is InChI=1S/C21H13ClF2N6/c22-16-3-1-2-11-4-13(8-25-20-19-21(27-9-26-19)29-10-28-20)17(30-18(11)16)12-5-14(23)7-15(24)6-12/h1-7,9-10H,8H2,(H2,25,26,27,28,29). The van der Waals surface area contributed by atoms with E-state index in [-0.39, 0.29) is 0 Å². The Bertz CT molecular complexity index is 1380. The Hall–Kier alpha value is -3.65. The van der Waals surface area contributed by atoms with Crippen molar-refractivity contribution in [3.8, 4) is 11.3 Å². The van der Waals surface area contributed by atoms with Crippen molar-refractivity contribution in [2.75, 3.05) is 5.32 Å². The van der Waals surface area contributed by atoms with Crippen LogP contribution < -0.4 is 5.32 Å². The summed E-state index contributed by atoms with van der Waals surface area (Å²) in [4.78, 5) is 20.1. The van der Waals surface area contributed by atoms with E-state index < -0.39 is 11.6 Å². The van der Waals surface area contributed by atoms with Gasteiger partial charge in [0.2, 0.25) is 0 Å². The Morgan fingerprint density at radius 2 is 1.80 bits per heavy atom. The summed E-state index contributed by atoms with van der Waals surface area (Å²) in [7, 11) is 0. The van der Waals surface area contributed by atoms with Crippen molar-refractivity contribution >= 4 is 39.5 Å². The van der Waals surface area contributed by atoms with E-state index in [1.54, 1.807) is 6.07 Å². The molecule has 3 aromatic heterocycles. The molecule has 0 radical (unpaired) electrons. The lowest BCUT2D eigenvalue weighted by Gasteiger charge is -2.13. The molecule has 0 saturated heterocycles. The lowest BCUT2D eigenvalue weighted by molar-refractivity contribution is 0.584. The number of hydrogen-bond acceptors (Lipinski definition) is 5. The maximum absolute atomic E-state index is 13.9. The van der Waals surface area contributed by atoms with Gasteiger partial charge >= 0.3 is 0 Å². The molecule has 0 bridgehead atoms. The molecule has 0 amide bonds. The highest BCUT2D eigenvalue weighted by atomic mass is 35.5. The van der Waals surface area contributed by atoms with Gasteiger partial charge in [-0.2, -0.15) is 0 Å². The predicted octanol–water partition coefficient (Wildman–Crippen LogP) is 5.11. The Labute approximate surface area is 174 Å². The maximum Gasteiger partial charge on any atom is 0.162 e. The molecular formula is C21H13ClF2N6. The quantitative estimate of drug-likeness (QED) is 0.420. The third-order valence-electron chi connectivity index (χ3n) is 4.67. The monoisotopic (exact) mass is 422 g/mol. The molecule has 2 N–H and O–H groups in total. The highest BCUT2D eigenvalue weighted by Crippen LogP contribution is 2.31. The second-order valence-corrected chi connectivity index (χ2v) is 7.05. The molecule has 148 valence electrons. The zero-order valence-electron chi connectivity index (χ0n) is 15.3. The molecule has 3 heterocycles. The van der Waals surface area contributed by atoms with Crippen molar-refractivity contribution in [1.29, 1.82) is 0 Å². The van der Waals surface area contributed by atoms with E-state index in [0.717, 1.165) is 17.0 Å². The number of pyridine rings is 1. The molecule has 2 aromatic carbocycles. The molecule has 6 nitrogen and oxygen atoms in total. The lowest BCUT2D eigenvalue weighted by atomic mass is 10.0. The number of para-hydroxylation sites is 1. The van der Waals surface area contributed by atoms with Crippen LogP contribution in [0.3, 0.4) is 0 Å². The molecule has 0 saturated carbocycles. The molecular weight excluding hydrogens is 410 g/mol. The van der Waals surface area contributed by atoms with Crippen molar-refractivity contribution in [1.82, 2.24) is 24.9 Å². The Morgan fingerprint density at radius 1 is 0.967 bits per heavy atom. The van der Waals surface area contributed by atoms with Crippen molar-refractivity contribution in [2.24, 2.45) is 0 Å². The van der Waals surface area contributed by atoms with E-state index in [9.17, 15) is 8.78 Å². The minimum absolute atomic E-state index is 0.294. The van der Waals surface area contributed by atoms with Crippen LogP contribution >= 0.6 is 11.6 Å². The topological polar surface area (TPSA) is 79.4 Å². The number of hydrogen-bond donors (Lipinski definition) is 2. The van der Waals surface area contributed by atoms with Gasteiger partial charge in [-0.25, -0.2) is 28.7 Å². The summed E-state index contributed by atoms with van der Waals surface area (Å²) in [5.74, 6) is -0.832. The molecule has 0 atom stereocenters. The third-order valence-corrected chi connectivity index (χ3v) is 4.98. The Morgan fingerprint density at radius 3 is 2.63 bits per heavy atom. The van der Waals surface area contributed by atoms with Gasteiger partial charge < -0.3 is 10.3 Å². The van der Waals surface area contributed by atoms with Gasteiger partial charge in [0.25, 0.3) is 0 Å². The van der Waals surface area contributed by atoms with Gasteiger partial charge in [-0.1, -0.05) is 23.7 Å². The minimum Gasteiger partial charge on any atom is -0.364 e. The normalized spacial score (nSPS) is 11.3. The average Bonchev–Trinajstić information content (AvgIpc) is 3.21. The Kier molecular flexibility index (Phi) is 4.48. The van der Waals surface area contributed by atoms with Crippen LogP contribution in [0.4, 0.5) is 14.6 Å². The fraction of sp³-hybridized carbons (Fsp3) is 0.0476. The SMILES string of the molecule is Fc1cc(F)cc(-c2nc3c(Cl)cccc3cc2CNc2ncnc3[nH]cnc23)c1. The number of aromatic amines is 1. The predicted molar refractivity (Wildman–Crippen MR) is 111 cm³/mol. The summed E-state index contributed by atoms with van der Waals surface area (Å²) >= 11 is 6.30. The van der Waals surface area contributed by atoms with Crippen LogP contribution in [0.1, 0.15) is 5.56 Å². The fourth-order valence-corrected chi connectivity index (χ4v) is 3.58. The smallest absolute Gasteiger partial charge is 0.162 e. The lowest BCUT2D eigenvalue weighted by Crippen LogP contribution is -2.06. The van der Waals surface area contributed by atoms with Gasteiger partial charge in [0.15, 0.2) is 11.5 Å². The summed E-state index contributed by atoms with van der Waals surface area (Å²) < 4.78 is 27.8. The van der Waals surface area contributed by atoms with Crippen LogP contribution in [-0.2, 0) is 6.54 Å². The largest absolute Gasteiger partial charge is 0.364 e. The average molecular weight is 423 g/mol. The zero-order valence-corrected chi connectivity index (χ0v) is 16.1. The number of halogens is 3. The molecule has 9 heteroatoms. The van der Waals surface area contributed by atoms with Crippen molar-refractivity contribution < 1.29 is 8.78 Å². The van der Waals surface area contributed by atoms with Gasteiger partial charge in [-0.3, -0.25) is 0 Å². The third kappa shape index (κ3) is 3.31. The van der Waals surface area contributed by atoms with Gasteiger partial charge in [0.1, 0.15) is 23.5 Å². The number of anilines is 1. The van der Waals surface area contributed by atoms with Crippen molar-refractivity contribution in [2.45, 2.75) is 6.54 Å². The van der Waals surface area contributed by atoms with Gasteiger partial charge in [-0.15, -0.1) is 0 Å². The molecule has 5 aromatic rings. The number of benzene rings is 2. The van der Waals surface area contributed by atoms with E-state index >= 15 is 0 Å². The van der Waals surface area contributed by atoms with Crippen LogP contribution in [-0.4, -0.2) is 24.9 Å². The first-order chi connectivity index (χ1) is 14.6. The molecule has 0 aliphatic rings. The summed E-state index contributed by atoms with van der Waals surface area (Å²) in [5, 5.41) is 4.48. The van der Waals surface area contributed by atoms with Gasteiger partial charge in [0.05, 0.1) is 22.6 Å². The number of nitrogens with one attached hydrogen (secondary N) is 2. The number of rotatable bonds is 4. The summed E-state index contributed by atoms with van der Waals surface area (Å²) in [6.45, 7) is 0.294. The number of H-pyrrole nitrogens is 1. The van der Waals surface area contributed by atoms with Crippen LogP contribution in [0, 0.1) is 11.6 Å². The van der Waals surface area contributed by atoms with E-state index in [2.05, 4.69) is 30.2 Å². The highest BCUT2D eigenvalue weighted by molar-refractivity contribution is 6.35. The van der Waals surface area contributed by atoms with Crippen molar-refractivity contribution in [3.05, 3.63) is 77.3 Å². The van der Waals surface area contributed by atoms with E-state index in [4.69, 9.17) is 11.6 Å². The molecule has 0 aliphatic carbocycles. The molecule has 0 unspecified atom stereocenters. The van der Waals surface area contributed by atoms with Crippen LogP contribution in [0.2, 0.25) is 5.02 Å². The number of imidazole rings is 1. The molecule has 0 fully saturated rings. The summed E-state index contributed by atoms with van der Waals surface area (Å²) in [6, 6.07) is 10.6. The number of fused-ring (bicyclic) bond motifs is 2. The van der Waals surface area contributed by atoms with Crippen LogP contribution in [0.25, 0.3) is 33.3 Å². The molecule has 0 spiro atoms. The maximum atomic E-state index is 13.9. The molecule has 30 heavy (non-hydrogen) atoms. The van der Waals surface area contributed by atoms with E-state index in [1.807, 2.05) is 18.2 Å². The summed E-state index contributed by atoms with van der Waals surface area (Å²) in [6.07, 6.45) is 2.95.